The molecular formula is C25H37ClN4OS. The summed E-state index contributed by atoms with van der Waals surface area (Å²) in [6.45, 7) is 8.13. The van der Waals surface area contributed by atoms with E-state index in [1.54, 1.807) is 18.3 Å². The summed E-state index contributed by atoms with van der Waals surface area (Å²) in [6, 6.07) is 4.52. The molecule has 3 atom stereocenters. The fraction of sp³-hybridized carbons (Fsp3) is 0.560. The van der Waals surface area contributed by atoms with E-state index in [0.29, 0.717) is 11.8 Å². The lowest BCUT2D eigenvalue weighted by atomic mass is 10.0. The van der Waals surface area contributed by atoms with E-state index in [2.05, 4.69) is 40.6 Å². The number of rotatable bonds is 7. The van der Waals surface area contributed by atoms with Crippen LogP contribution in [0.1, 0.15) is 78.1 Å². The van der Waals surface area contributed by atoms with Gasteiger partial charge in [0, 0.05) is 35.5 Å². The van der Waals surface area contributed by atoms with Gasteiger partial charge in [-0.25, -0.2) is 9.97 Å². The molecule has 3 heterocycles. The van der Waals surface area contributed by atoms with Gasteiger partial charge in [-0.3, -0.25) is 4.79 Å². The smallest absolute Gasteiger partial charge is 0.162 e. The number of nitrogens with one attached hydrogen (secondary N) is 1. The minimum Gasteiger partial charge on any atom is -0.380 e. The first-order valence-corrected chi connectivity index (χ1v) is 12.5. The van der Waals surface area contributed by atoms with E-state index in [1.165, 1.54) is 11.3 Å². The second kappa shape index (κ2) is 12.4. The number of aromatic nitrogens is 3. The predicted molar refractivity (Wildman–Crippen MR) is 138 cm³/mol. The highest BCUT2D eigenvalue weighted by atomic mass is 35.5. The van der Waals surface area contributed by atoms with Crippen molar-refractivity contribution in [2.24, 2.45) is 5.92 Å². The van der Waals surface area contributed by atoms with Crippen LogP contribution in [0.3, 0.4) is 0 Å². The zero-order chi connectivity index (χ0) is 22.4. The lowest BCUT2D eigenvalue weighted by molar-refractivity contribution is -0.120. The van der Waals surface area contributed by atoms with Crippen LogP contribution in [0.5, 0.6) is 0 Å². The Bertz CT molecular complexity index is 999. The second-order valence-electron chi connectivity index (χ2n) is 8.31. The van der Waals surface area contributed by atoms with Gasteiger partial charge in [-0.15, -0.1) is 11.3 Å². The monoisotopic (exact) mass is 476 g/mol. The van der Waals surface area contributed by atoms with Crippen molar-refractivity contribution in [2.75, 3.05) is 5.32 Å². The molecule has 0 bridgehead atoms. The Morgan fingerprint density at radius 2 is 2.03 bits per heavy atom. The molecule has 4 rings (SSSR count). The summed E-state index contributed by atoms with van der Waals surface area (Å²) in [5, 5.41) is 6.52. The summed E-state index contributed by atoms with van der Waals surface area (Å²) in [5.41, 5.74) is 2.79. The summed E-state index contributed by atoms with van der Waals surface area (Å²) in [6.07, 6.45) is 9.69. The molecule has 176 valence electrons. The molecule has 7 heteroatoms. The lowest BCUT2D eigenvalue weighted by Crippen LogP contribution is -2.21. The van der Waals surface area contributed by atoms with Crippen LogP contribution in [0.25, 0.3) is 11.2 Å². The molecule has 0 amide bonds. The number of ketones is 1. The van der Waals surface area contributed by atoms with Gasteiger partial charge < -0.3 is 9.88 Å². The van der Waals surface area contributed by atoms with E-state index in [4.69, 9.17) is 11.6 Å². The van der Waals surface area contributed by atoms with Crippen LogP contribution in [0.2, 0.25) is 5.02 Å². The number of halogens is 1. The molecule has 3 aromatic rings. The van der Waals surface area contributed by atoms with Crippen molar-refractivity contribution in [3.05, 3.63) is 39.9 Å². The Morgan fingerprint density at radius 1 is 1.28 bits per heavy atom. The fourth-order valence-corrected chi connectivity index (χ4v) is 5.30. The maximum atomic E-state index is 11.7. The first kappa shape index (κ1) is 26.3. The number of fused-ring (bicyclic) bond motifs is 1. The largest absolute Gasteiger partial charge is 0.380 e. The zero-order valence-electron chi connectivity index (χ0n) is 18.9. The van der Waals surface area contributed by atoms with Gasteiger partial charge >= 0.3 is 0 Å². The highest BCUT2D eigenvalue weighted by Crippen LogP contribution is 2.37. The quantitative estimate of drug-likeness (QED) is 0.382. The second-order valence-corrected chi connectivity index (χ2v) is 9.72. The van der Waals surface area contributed by atoms with E-state index < -0.39 is 0 Å². The number of carbonyl (C=O) groups is 1. The summed E-state index contributed by atoms with van der Waals surface area (Å²) in [5.74, 6) is 0.462. The van der Waals surface area contributed by atoms with E-state index in [9.17, 15) is 4.79 Å². The molecule has 0 radical (unpaired) electrons. The molecule has 1 aliphatic carbocycles. The van der Waals surface area contributed by atoms with Gasteiger partial charge in [-0.05, 0) is 50.1 Å². The number of pyridine rings is 1. The van der Waals surface area contributed by atoms with Crippen molar-refractivity contribution in [3.63, 3.8) is 0 Å². The lowest BCUT2D eigenvalue weighted by Gasteiger charge is -2.18. The maximum Gasteiger partial charge on any atom is 0.162 e. The average molecular weight is 477 g/mol. The Hall–Kier alpha value is -1.92. The molecule has 1 saturated carbocycles. The number of imidazole rings is 1. The molecule has 1 fully saturated rings. The molecule has 0 aromatic carbocycles. The third kappa shape index (κ3) is 6.10. The van der Waals surface area contributed by atoms with Crippen LogP contribution in [-0.4, -0.2) is 26.4 Å². The van der Waals surface area contributed by atoms with Crippen LogP contribution in [0.15, 0.2) is 30.0 Å². The third-order valence-corrected chi connectivity index (χ3v) is 7.22. The molecule has 0 aliphatic heterocycles. The van der Waals surface area contributed by atoms with Crippen molar-refractivity contribution < 1.29 is 4.79 Å². The van der Waals surface area contributed by atoms with Crippen molar-refractivity contribution in [1.82, 2.24) is 14.5 Å². The van der Waals surface area contributed by atoms with E-state index in [1.807, 2.05) is 30.0 Å². The molecule has 0 saturated heterocycles. The predicted octanol–water partition coefficient (Wildman–Crippen LogP) is 7.56. The van der Waals surface area contributed by atoms with Gasteiger partial charge in [0.2, 0.25) is 0 Å². The number of anilines is 1. The van der Waals surface area contributed by atoms with E-state index in [-0.39, 0.29) is 19.4 Å². The standard InChI is InChI=1S/C21H25ClN4OS.C3H8.CH4/c1-3-15(11-19-17(22)7-9-28-19)25-18-6-8-23-21-20(18)24-12-26(21)16-5-4-14(10-16)13(2)27;1-3-2;/h6-9,12,14-16H,3-5,10-11H2,1-2H3,(H,23,25);3H2,1-2H3;1H4. The minimum atomic E-state index is 0. The molecule has 0 spiro atoms. The fourth-order valence-electron chi connectivity index (χ4n) is 4.11. The van der Waals surface area contributed by atoms with Gasteiger partial charge in [0.25, 0.3) is 0 Å². The minimum absolute atomic E-state index is 0. The zero-order valence-corrected chi connectivity index (χ0v) is 20.5. The summed E-state index contributed by atoms with van der Waals surface area (Å²) in [4.78, 5) is 22.2. The molecule has 3 unspecified atom stereocenters. The summed E-state index contributed by atoms with van der Waals surface area (Å²) in [7, 11) is 0. The van der Waals surface area contributed by atoms with Crippen molar-refractivity contribution in [3.8, 4) is 0 Å². The van der Waals surface area contributed by atoms with Crippen LogP contribution < -0.4 is 5.32 Å². The van der Waals surface area contributed by atoms with Crippen molar-refractivity contribution in [1.29, 1.82) is 0 Å². The van der Waals surface area contributed by atoms with Crippen molar-refractivity contribution >= 4 is 45.6 Å². The number of Topliss-reactive ketones (excluding diaryl/α,β-unsaturated/α-hetero) is 1. The molecule has 32 heavy (non-hydrogen) atoms. The first-order chi connectivity index (χ1) is 15.0. The van der Waals surface area contributed by atoms with E-state index >= 15 is 0 Å². The first-order valence-electron chi connectivity index (χ1n) is 11.3. The number of hydrogen-bond acceptors (Lipinski definition) is 5. The normalized spacial score (nSPS) is 18.5. The SMILES string of the molecule is C.CCC.CCC(Cc1sccc1Cl)Nc1ccnc2c1ncn2C1CCC(C(C)=O)C1. The molecule has 1 aliphatic rings. The Morgan fingerprint density at radius 3 is 2.62 bits per heavy atom. The maximum absolute atomic E-state index is 11.7. The topological polar surface area (TPSA) is 59.8 Å². The van der Waals surface area contributed by atoms with Crippen LogP contribution >= 0.6 is 22.9 Å². The molecule has 5 nitrogen and oxygen atoms in total. The van der Waals surface area contributed by atoms with Gasteiger partial charge in [0.05, 0.1) is 17.0 Å². The number of thiophene rings is 1. The summed E-state index contributed by atoms with van der Waals surface area (Å²) >= 11 is 7.98. The third-order valence-electron chi connectivity index (χ3n) is 5.81. The number of nitrogens with zero attached hydrogens (tertiary/aromatic N) is 3. The highest BCUT2D eigenvalue weighted by molar-refractivity contribution is 7.10. The van der Waals surface area contributed by atoms with Crippen LogP contribution in [0.4, 0.5) is 5.69 Å². The Kier molecular flexibility index (Phi) is 10.2. The molecule has 1 N–H and O–H groups in total. The summed E-state index contributed by atoms with van der Waals surface area (Å²) < 4.78 is 2.15. The van der Waals surface area contributed by atoms with Crippen molar-refractivity contribution in [2.45, 2.75) is 85.7 Å². The number of hydrogen-bond donors (Lipinski definition) is 1. The van der Waals surface area contributed by atoms with Gasteiger partial charge in [0.15, 0.2) is 5.65 Å². The number of carbonyl (C=O) groups excluding carboxylic acids is 1. The highest BCUT2D eigenvalue weighted by Gasteiger charge is 2.30. The van der Waals surface area contributed by atoms with Crippen LogP contribution in [0, 0.1) is 5.92 Å². The van der Waals surface area contributed by atoms with E-state index in [0.717, 1.165) is 54.0 Å². The molecule has 3 aromatic heterocycles. The Labute approximate surface area is 201 Å². The van der Waals surface area contributed by atoms with Gasteiger partial charge in [0.1, 0.15) is 11.3 Å². The molecular weight excluding hydrogens is 440 g/mol. The van der Waals surface area contributed by atoms with Gasteiger partial charge in [-0.1, -0.05) is 46.2 Å². The Balaban J connectivity index is 0.000000860. The average Bonchev–Trinajstić information content (AvgIpc) is 3.48. The van der Waals surface area contributed by atoms with Crippen LogP contribution in [-0.2, 0) is 11.2 Å². The van der Waals surface area contributed by atoms with Gasteiger partial charge in [-0.2, -0.15) is 0 Å².